The lowest BCUT2D eigenvalue weighted by molar-refractivity contribution is -0.387. The van der Waals surface area contributed by atoms with Crippen LogP contribution in [0, 0.1) is 26.0 Å². The maximum Gasteiger partial charge on any atom is 0.313 e. The Morgan fingerprint density at radius 1 is 0.826 bits per heavy atom. The molecule has 2 amide bonds. The number of nitro groups is 2. The monoisotopic (exact) mass is 634 g/mol. The lowest BCUT2D eigenvalue weighted by Crippen LogP contribution is -2.55. The molecule has 236 valence electrons. The van der Waals surface area contributed by atoms with Crippen LogP contribution in [0.5, 0.6) is 23.0 Å². The molecule has 4 heterocycles. The molecule has 0 saturated heterocycles. The summed E-state index contributed by atoms with van der Waals surface area (Å²) in [4.78, 5) is 47.7. The average molecular weight is 635 g/mol. The molecular formula is C28H23FN8O9. The van der Waals surface area contributed by atoms with Crippen LogP contribution in [0.15, 0.2) is 64.8 Å². The first-order valence-corrected chi connectivity index (χ1v) is 13.6. The number of nitrogens with one attached hydrogen (secondary N) is 2. The lowest BCUT2D eigenvalue weighted by atomic mass is 10.1. The van der Waals surface area contributed by atoms with Crippen LogP contribution >= 0.6 is 0 Å². The Morgan fingerprint density at radius 3 is 1.85 bits per heavy atom. The molecule has 0 aliphatic carbocycles. The van der Waals surface area contributed by atoms with Crippen LogP contribution in [0.3, 0.4) is 0 Å². The zero-order chi connectivity index (χ0) is 32.7. The van der Waals surface area contributed by atoms with Crippen molar-refractivity contribution >= 4 is 46.2 Å². The van der Waals surface area contributed by atoms with Gasteiger partial charge in [0.05, 0.1) is 21.2 Å². The van der Waals surface area contributed by atoms with E-state index in [4.69, 9.17) is 14.2 Å². The molecule has 2 atom stereocenters. The SMILES string of the molecule is CC1C(=O)NN=C2COc3cc(F)c([N+](=O)[O-])cc3N21.CC1C(=O)NN=C2COc3cc(Oc4ccccc4)c([N+](=O)[O-])cc3N21. The molecule has 4 aliphatic heterocycles. The van der Waals surface area contributed by atoms with Gasteiger partial charge in [0.1, 0.15) is 42.5 Å². The van der Waals surface area contributed by atoms with Crippen LogP contribution in [-0.4, -0.2) is 58.6 Å². The number of amides is 2. The van der Waals surface area contributed by atoms with Gasteiger partial charge in [-0.2, -0.15) is 14.6 Å². The highest BCUT2D eigenvalue weighted by Crippen LogP contribution is 2.44. The molecule has 0 saturated carbocycles. The van der Waals surface area contributed by atoms with Crippen LogP contribution in [0.2, 0.25) is 0 Å². The first kappa shape index (κ1) is 29.7. The Hall–Kier alpha value is -6.33. The highest BCUT2D eigenvalue weighted by atomic mass is 19.1. The number of nitrogens with zero attached hydrogens (tertiary/aromatic N) is 6. The van der Waals surface area contributed by atoms with Gasteiger partial charge >= 0.3 is 11.4 Å². The summed E-state index contributed by atoms with van der Waals surface area (Å²) in [5.41, 5.74) is 4.50. The van der Waals surface area contributed by atoms with Gasteiger partial charge in [0.15, 0.2) is 11.7 Å². The molecule has 0 bridgehead atoms. The normalized spacial score (nSPS) is 19.0. The maximum absolute atomic E-state index is 13.6. The van der Waals surface area contributed by atoms with E-state index >= 15 is 0 Å². The second-order valence-corrected chi connectivity index (χ2v) is 10.2. The van der Waals surface area contributed by atoms with Gasteiger partial charge in [0.25, 0.3) is 11.8 Å². The Kier molecular flexibility index (Phi) is 7.52. The molecule has 46 heavy (non-hydrogen) atoms. The first-order valence-electron chi connectivity index (χ1n) is 13.6. The van der Waals surface area contributed by atoms with Gasteiger partial charge < -0.3 is 24.0 Å². The van der Waals surface area contributed by atoms with E-state index in [2.05, 4.69) is 21.1 Å². The third-order valence-corrected chi connectivity index (χ3v) is 7.35. The molecule has 0 radical (unpaired) electrons. The largest absolute Gasteiger partial charge is 0.483 e. The zero-order valence-corrected chi connectivity index (χ0v) is 24.0. The number of hydrazone groups is 2. The van der Waals surface area contributed by atoms with Gasteiger partial charge in [0, 0.05) is 24.3 Å². The number of hydrogen-bond acceptors (Lipinski definition) is 13. The van der Waals surface area contributed by atoms with Crippen LogP contribution in [0.25, 0.3) is 0 Å². The van der Waals surface area contributed by atoms with Crippen molar-refractivity contribution < 1.29 is 38.0 Å². The fourth-order valence-electron chi connectivity index (χ4n) is 5.06. The van der Waals surface area contributed by atoms with Gasteiger partial charge in [-0.1, -0.05) is 18.2 Å². The number of anilines is 2. The summed E-state index contributed by atoms with van der Waals surface area (Å²) in [5, 5.41) is 30.2. The van der Waals surface area contributed by atoms with Crippen LogP contribution < -0.4 is 34.9 Å². The van der Waals surface area contributed by atoms with Crippen molar-refractivity contribution in [1.82, 2.24) is 10.9 Å². The second kappa shape index (κ2) is 11.6. The van der Waals surface area contributed by atoms with Crippen molar-refractivity contribution in [3.05, 3.63) is 80.6 Å². The van der Waals surface area contributed by atoms with E-state index in [9.17, 15) is 34.2 Å². The molecule has 0 spiro atoms. The van der Waals surface area contributed by atoms with Gasteiger partial charge in [-0.05, 0) is 26.0 Å². The number of para-hydroxylation sites is 1. The third kappa shape index (κ3) is 5.31. The van der Waals surface area contributed by atoms with Crippen molar-refractivity contribution in [2.75, 3.05) is 23.0 Å². The summed E-state index contributed by atoms with van der Waals surface area (Å²) in [7, 11) is 0. The van der Waals surface area contributed by atoms with Gasteiger partial charge in [-0.25, -0.2) is 10.9 Å². The molecule has 17 nitrogen and oxygen atoms in total. The van der Waals surface area contributed by atoms with Crippen molar-refractivity contribution in [3.8, 4) is 23.0 Å². The summed E-state index contributed by atoms with van der Waals surface area (Å²) >= 11 is 0. The molecule has 4 aliphatic rings. The number of fused-ring (bicyclic) bond motifs is 6. The van der Waals surface area contributed by atoms with Crippen molar-refractivity contribution in [2.24, 2.45) is 10.2 Å². The van der Waals surface area contributed by atoms with E-state index in [0.29, 0.717) is 28.9 Å². The highest BCUT2D eigenvalue weighted by molar-refractivity contribution is 6.10. The van der Waals surface area contributed by atoms with Crippen LogP contribution in [0.1, 0.15) is 13.8 Å². The zero-order valence-electron chi connectivity index (χ0n) is 24.0. The molecule has 2 N–H and O–H groups in total. The predicted molar refractivity (Wildman–Crippen MR) is 159 cm³/mol. The number of benzene rings is 3. The topological polar surface area (TPSA) is 203 Å². The van der Waals surface area contributed by atoms with Gasteiger partial charge in [-0.15, -0.1) is 0 Å². The summed E-state index contributed by atoms with van der Waals surface area (Å²) < 4.78 is 30.2. The fraction of sp³-hybridized carbons (Fsp3) is 0.214. The number of nitro benzene ring substituents is 2. The van der Waals surface area contributed by atoms with E-state index in [-0.39, 0.29) is 47.9 Å². The van der Waals surface area contributed by atoms with E-state index < -0.39 is 33.4 Å². The summed E-state index contributed by atoms with van der Waals surface area (Å²) in [5.74, 6) is 0.330. The minimum atomic E-state index is -0.983. The molecule has 2 unspecified atom stereocenters. The number of amidine groups is 2. The van der Waals surface area contributed by atoms with E-state index in [1.165, 1.54) is 17.0 Å². The standard InChI is InChI=1S/C17H14N4O5.C11H9FN4O4/c1-10-17(22)19-18-16-9-25-14-8-15(26-11-5-3-2-4-6-11)13(21(23)24)7-12(14)20(10)16;1-5-11(17)14-13-10-4-20-9-2-6(12)7(16(18)19)3-8(9)15(5)10/h2-8,10H,9H2,1H3,(H,19,22);2-3,5H,4H2,1H3,(H,14,17). The minimum absolute atomic E-state index is 0.0505. The molecule has 0 fully saturated rings. The summed E-state index contributed by atoms with van der Waals surface area (Å²) in [6.45, 7) is 3.50. The number of carbonyl (C=O) groups excluding carboxylic acids is 2. The van der Waals surface area contributed by atoms with Gasteiger partial charge in [0.2, 0.25) is 11.6 Å². The van der Waals surface area contributed by atoms with Crippen molar-refractivity contribution in [2.45, 2.75) is 25.9 Å². The molecule has 3 aromatic rings. The fourth-order valence-corrected chi connectivity index (χ4v) is 5.06. The lowest BCUT2D eigenvalue weighted by Gasteiger charge is -2.37. The third-order valence-electron chi connectivity index (χ3n) is 7.35. The molecule has 3 aromatic carbocycles. The maximum atomic E-state index is 13.6. The number of rotatable bonds is 4. The second-order valence-electron chi connectivity index (χ2n) is 10.2. The molecule has 7 rings (SSSR count). The summed E-state index contributed by atoms with van der Waals surface area (Å²) in [6.07, 6.45) is 0. The van der Waals surface area contributed by atoms with Crippen molar-refractivity contribution in [1.29, 1.82) is 0 Å². The molecular weight excluding hydrogens is 611 g/mol. The quantitative estimate of drug-likeness (QED) is 0.315. The van der Waals surface area contributed by atoms with Gasteiger partial charge in [-0.3, -0.25) is 29.8 Å². The number of halogens is 1. The predicted octanol–water partition coefficient (Wildman–Crippen LogP) is 3.18. The number of ether oxygens (including phenoxy) is 3. The first-order chi connectivity index (χ1) is 22.0. The number of carbonyl (C=O) groups is 2. The Labute approximate surface area is 258 Å². The minimum Gasteiger partial charge on any atom is -0.483 e. The smallest absolute Gasteiger partial charge is 0.313 e. The Bertz CT molecular complexity index is 1850. The Morgan fingerprint density at radius 2 is 1.33 bits per heavy atom. The molecule has 0 aromatic heterocycles. The molecule has 18 heteroatoms. The van der Waals surface area contributed by atoms with E-state index in [1.54, 1.807) is 43.0 Å². The Balaban J connectivity index is 0.000000167. The van der Waals surface area contributed by atoms with E-state index in [0.717, 1.165) is 12.1 Å². The van der Waals surface area contributed by atoms with Crippen LogP contribution in [0.4, 0.5) is 27.1 Å². The van der Waals surface area contributed by atoms with Crippen LogP contribution in [-0.2, 0) is 9.59 Å². The summed E-state index contributed by atoms with van der Waals surface area (Å²) in [6, 6.07) is 12.4. The average Bonchev–Trinajstić information content (AvgIpc) is 3.04. The highest BCUT2D eigenvalue weighted by Gasteiger charge is 2.38. The van der Waals surface area contributed by atoms with Crippen molar-refractivity contribution in [3.63, 3.8) is 0 Å². The number of hydrogen-bond donors (Lipinski definition) is 2. The van der Waals surface area contributed by atoms with E-state index in [1.807, 2.05) is 6.07 Å².